The molecule has 1 aromatic heterocycles. The lowest BCUT2D eigenvalue weighted by Gasteiger charge is -2.34. The van der Waals surface area contributed by atoms with Gasteiger partial charge in [0.1, 0.15) is 0 Å². The van der Waals surface area contributed by atoms with Gasteiger partial charge in [-0.2, -0.15) is 11.3 Å². The highest BCUT2D eigenvalue weighted by molar-refractivity contribution is 7.07. The Labute approximate surface area is 129 Å². The van der Waals surface area contributed by atoms with Crippen LogP contribution in [0.1, 0.15) is 38.7 Å². The van der Waals surface area contributed by atoms with Crippen molar-refractivity contribution in [2.24, 2.45) is 11.8 Å². The molecule has 4 nitrogen and oxygen atoms in total. The van der Waals surface area contributed by atoms with E-state index in [0.717, 1.165) is 18.4 Å². The number of ether oxygens (including phenoxy) is 1. The smallest absolute Gasteiger partial charge is 0.310 e. The van der Waals surface area contributed by atoms with Crippen LogP contribution < -0.4 is 5.32 Å². The van der Waals surface area contributed by atoms with Crippen LogP contribution in [0.5, 0.6) is 0 Å². The predicted octanol–water partition coefficient (Wildman–Crippen LogP) is 2.77. The maximum Gasteiger partial charge on any atom is 0.310 e. The Morgan fingerprint density at radius 2 is 2.19 bits per heavy atom. The first kappa shape index (κ1) is 16.0. The Morgan fingerprint density at radius 1 is 1.38 bits per heavy atom. The van der Waals surface area contributed by atoms with Gasteiger partial charge in [0, 0.05) is 6.04 Å². The Bertz CT molecular complexity index is 472. The number of esters is 1. The van der Waals surface area contributed by atoms with Gasteiger partial charge in [0.15, 0.2) is 6.61 Å². The topological polar surface area (TPSA) is 55.4 Å². The van der Waals surface area contributed by atoms with E-state index in [2.05, 4.69) is 19.2 Å². The number of carbonyl (C=O) groups excluding carboxylic acids is 2. The van der Waals surface area contributed by atoms with Gasteiger partial charge in [0.25, 0.3) is 5.91 Å². The SMILES string of the molecule is C[C@H]1[C@@H](NC(=O)COC(=O)Cc2ccsc2)CCC[C@@H]1C. The van der Waals surface area contributed by atoms with Gasteiger partial charge in [0.2, 0.25) is 0 Å². The molecule has 1 aliphatic rings. The van der Waals surface area contributed by atoms with Crippen molar-refractivity contribution in [2.45, 2.75) is 45.6 Å². The van der Waals surface area contributed by atoms with Crippen LogP contribution in [0.25, 0.3) is 0 Å². The fraction of sp³-hybridized carbons (Fsp3) is 0.625. The summed E-state index contributed by atoms with van der Waals surface area (Å²) in [5, 5.41) is 6.83. The van der Waals surface area contributed by atoms with E-state index in [0.29, 0.717) is 11.8 Å². The van der Waals surface area contributed by atoms with Crippen molar-refractivity contribution in [3.63, 3.8) is 0 Å². The maximum absolute atomic E-state index is 11.9. The first-order valence-electron chi connectivity index (χ1n) is 7.52. The second-order valence-electron chi connectivity index (χ2n) is 5.91. The monoisotopic (exact) mass is 309 g/mol. The molecule has 116 valence electrons. The van der Waals surface area contributed by atoms with Gasteiger partial charge in [-0.25, -0.2) is 0 Å². The van der Waals surface area contributed by atoms with Crippen molar-refractivity contribution in [3.05, 3.63) is 22.4 Å². The molecule has 21 heavy (non-hydrogen) atoms. The number of hydrogen-bond acceptors (Lipinski definition) is 4. The molecule has 1 saturated carbocycles. The minimum atomic E-state index is -0.353. The second-order valence-corrected chi connectivity index (χ2v) is 6.69. The third-order valence-corrected chi connectivity index (χ3v) is 5.08. The Kier molecular flexibility index (Phi) is 5.79. The average Bonchev–Trinajstić information content (AvgIpc) is 2.94. The molecule has 1 aliphatic carbocycles. The molecule has 3 atom stereocenters. The molecule has 0 saturated heterocycles. The summed E-state index contributed by atoms with van der Waals surface area (Å²) in [4.78, 5) is 23.5. The molecule has 1 aromatic rings. The van der Waals surface area contributed by atoms with E-state index in [-0.39, 0.29) is 30.9 Å². The van der Waals surface area contributed by atoms with Crippen molar-refractivity contribution in [1.29, 1.82) is 0 Å². The predicted molar refractivity (Wildman–Crippen MR) is 83.1 cm³/mol. The van der Waals surface area contributed by atoms with E-state index in [4.69, 9.17) is 4.74 Å². The van der Waals surface area contributed by atoms with Crippen LogP contribution in [0.3, 0.4) is 0 Å². The molecule has 2 rings (SSSR count). The van der Waals surface area contributed by atoms with Crippen LogP contribution in [0.2, 0.25) is 0 Å². The Hall–Kier alpha value is -1.36. The van der Waals surface area contributed by atoms with Gasteiger partial charge in [-0.15, -0.1) is 0 Å². The van der Waals surface area contributed by atoms with E-state index in [9.17, 15) is 9.59 Å². The van der Waals surface area contributed by atoms with Crippen LogP contribution >= 0.6 is 11.3 Å². The minimum absolute atomic E-state index is 0.180. The lowest BCUT2D eigenvalue weighted by atomic mass is 9.78. The summed E-state index contributed by atoms with van der Waals surface area (Å²) in [7, 11) is 0. The van der Waals surface area contributed by atoms with Gasteiger partial charge >= 0.3 is 5.97 Å². The molecular weight excluding hydrogens is 286 g/mol. The number of thiophene rings is 1. The zero-order valence-electron chi connectivity index (χ0n) is 12.6. The average molecular weight is 309 g/mol. The molecule has 0 aliphatic heterocycles. The second kappa shape index (κ2) is 7.59. The van der Waals surface area contributed by atoms with Gasteiger partial charge < -0.3 is 10.1 Å². The first-order chi connectivity index (χ1) is 10.1. The van der Waals surface area contributed by atoms with E-state index >= 15 is 0 Å². The molecule has 0 bridgehead atoms. The highest BCUT2D eigenvalue weighted by atomic mass is 32.1. The highest BCUT2D eigenvalue weighted by Gasteiger charge is 2.28. The van der Waals surface area contributed by atoms with Crippen molar-refractivity contribution >= 4 is 23.2 Å². The number of rotatable bonds is 5. The molecule has 1 N–H and O–H groups in total. The largest absolute Gasteiger partial charge is 0.455 e. The molecule has 0 spiro atoms. The van der Waals surface area contributed by atoms with Crippen LogP contribution in [0, 0.1) is 11.8 Å². The van der Waals surface area contributed by atoms with E-state index in [1.165, 1.54) is 6.42 Å². The van der Waals surface area contributed by atoms with E-state index in [1.807, 2.05) is 16.8 Å². The molecule has 1 amide bonds. The Morgan fingerprint density at radius 3 is 2.90 bits per heavy atom. The molecule has 0 unspecified atom stereocenters. The molecule has 0 radical (unpaired) electrons. The summed E-state index contributed by atoms with van der Waals surface area (Å²) in [6, 6.07) is 2.09. The zero-order valence-corrected chi connectivity index (χ0v) is 13.4. The fourth-order valence-electron chi connectivity index (χ4n) is 2.79. The molecular formula is C16H23NO3S. The summed E-state index contributed by atoms with van der Waals surface area (Å²) < 4.78 is 5.03. The van der Waals surface area contributed by atoms with E-state index < -0.39 is 0 Å². The molecule has 1 heterocycles. The highest BCUT2D eigenvalue weighted by Crippen LogP contribution is 2.29. The van der Waals surface area contributed by atoms with E-state index in [1.54, 1.807) is 11.3 Å². The molecule has 0 aromatic carbocycles. The summed E-state index contributed by atoms with van der Waals surface area (Å²) in [5.41, 5.74) is 0.931. The Balaban J connectivity index is 1.70. The third kappa shape index (κ3) is 4.84. The maximum atomic E-state index is 11.9. The van der Waals surface area contributed by atoms with Crippen molar-refractivity contribution < 1.29 is 14.3 Å². The normalized spacial score (nSPS) is 25.3. The molecule has 5 heteroatoms. The van der Waals surface area contributed by atoms with Crippen LogP contribution in [-0.4, -0.2) is 24.5 Å². The number of nitrogens with one attached hydrogen (secondary N) is 1. The summed E-state index contributed by atoms with van der Waals surface area (Å²) in [5.74, 6) is 0.558. The van der Waals surface area contributed by atoms with Crippen molar-refractivity contribution in [2.75, 3.05) is 6.61 Å². The third-order valence-electron chi connectivity index (χ3n) is 4.35. The summed E-state index contributed by atoms with van der Waals surface area (Å²) in [6.45, 7) is 4.22. The van der Waals surface area contributed by atoms with Crippen LogP contribution in [-0.2, 0) is 20.7 Å². The van der Waals surface area contributed by atoms with Crippen molar-refractivity contribution in [1.82, 2.24) is 5.32 Å². The van der Waals surface area contributed by atoms with Gasteiger partial charge in [-0.1, -0.05) is 26.7 Å². The number of amides is 1. The summed E-state index contributed by atoms with van der Waals surface area (Å²) in [6.07, 6.45) is 3.62. The standard InChI is InChI=1S/C16H23NO3S/c1-11-4-3-5-14(12(11)2)17-15(18)9-20-16(19)8-13-6-7-21-10-13/h6-7,10-12,14H,3-5,8-9H2,1-2H3,(H,17,18)/t11-,12+,14-/m0/s1. The lowest BCUT2D eigenvalue weighted by molar-refractivity contribution is -0.148. The lowest BCUT2D eigenvalue weighted by Crippen LogP contribution is -2.45. The summed E-state index contributed by atoms with van der Waals surface area (Å²) >= 11 is 1.54. The minimum Gasteiger partial charge on any atom is -0.455 e. The number of hydrogen-bond donors (Lipinski definition) is 1. The van der Waals surface area contributed by atoms with Crippen LogP contribution in [0.4, 0.5) is 0 Å². The fourth-order valence-corrected chi connectivity index (χ4v) is 3.46. The number of carbonyl (C=O) groups is 2. The van der Waals surface area contributed by atoms with Gasteiger partial charge in [-0.05, 0) is 40.6 Å². The van der Waals surface area contributed by atoms with Gasteiger partial charge in [0.05, 0.1) is 6.42 Å². The van der Waals surface area contributed by atoms with Crippen molar-refractivity contribution in [3.8, 4) is 0 Å². The van der Waals surface area contributed by atoms with Gasteiger partial charge in [-0.3, -0.25) is 9.59 Å². The zero-order chi connectivity index (χ0) is 15.2. The van der Waals surface area contributed by atoms with Crippen LogP contribution in [0.15, 0.2) is 16.8 Å². The molecule has 1 fully saturated rings. The first-order valence-corrected chi connectivity index (χ1v) is 8.46. The quantitative estimate of drug-likeness (QED) is 0.851.